The van der Waals surface area contributed by atoms with Crippen molar-refractivity contribution in [3.63, 3.8) is 0 Å². The Labute approximate surface area is 168 Å². The third kappa shape index (κ3) is 5.08. The van der Waals surface area contributed by atoms with Gasteiger partial charge in [0.25, 0.3) is 0 Å². The fourth-order valence-corrected chi connectivity index (χ4v) is 4.04. The second-order valence-corrected chi connectivity index (χ2v) is 7.80. The van der Waals surface area contributed by atoms with Crippen molar-refractivity contribution in [2.24, 2.45) is 0 Å². The Morgan fingerprint density at radius 3 is 2.14 bits per heavy atom. The molecule has 28 heavy (non-hydrogen) atoms. The van der Waals surface area contributed by atoms with Crippen molar-refractivity contribution >= 4 is 0 Å². The van der Waals surface area contributed by atoms with Crippen LogP contribution in [0, 0.1) is 0 Å². The number of nitrogens with one attached hydrogen (secondary N) is 1. The highest BCUT2D eigenvalue weighted by Crippen LogP contribution is 2.22. The van der Waals surface area contributed by atoms with Crippen LogP contribution in [0.25, 0.3) is 11.3 Å². The molecule has 1 aromatic heterocycles. The SMILES string of the molecule is c1ccc(Cn2nc(CNC3CCCCCCC3)c(-c3ccccc3)n2)cc1. The van der Waals surface area contributed by atoms with Crippen molar-refractivity contribution in [3.05, 3.63) is 71.9 Å². The van der Waals surface area contributed by atoms with E-state index in [4.69, 9.17) is 10.2 Å². The molecule has 1 saturated carbocycles. The van der Waals surface area contributed by atoms with E-state index >= 15 is 0 Å². The largest absolute Gasteiger partial charge is 0.308 e. The Hall–Kier alpha value is -2.46. The first-order chi connectivity index (χ1) is 13.9. The quantitative estimate of drug-likeness (QED) is 0.645. The van der Waals surface area contributed by atoms with E-state index in [0.29, 0.717) is 12.6 Å². The van der Waals surface area contributed by atoms with Crippen LogP contribution in [0.4, 0.5) is 0 Å². The van der Waals surface area contributed by atoms with Crippen LogP contribution >= 0.6 is 0 Å². The molecule has 0 radical (unpaired) electrons. The molecule has 146 valence electrons. The molecule has 1 fully saturated rings. The molecule has 4 nitrogen and oxygen atoms in total. The average molecular weight is 375 g/mol. The Balaban J connectivity index is 1.52. The van der Waals surface area contributed by atoms with Gasteiger partial charge < -0.3 is 5.32 Å². The summed E-state index contributed by atoms with van der Waals surface area (Å²) >= 11 is 0. The van der Waals surface area contributed by atoms with E-state index in [9.17, 15) is 0 Å². The second kappa shape index (κ2) is 9.65. The Bertz CT molecular complexity index is 834. The summed E-state index contributed by atoms with van der Waals surface area (Å²) < 4.78 is 0. The van der Waals surface area contributed by atoms with E-state index in [0.717, 1.165) is 23.5 Å². The summed E-state index contributed by atoms with van der Waals surface area (Å²) in [6.07, 6.45) is 9.38. The molecule has 0 spiro atoms. The van der Waals surface area contributed by atoms with Crippen LogP contribution in [-0.2, 0) is 13.1 Å². The minimum Gasteiger partial charge on any atom is -0.308 e. The molecule has 4 rings (SSSR count). The maximum absolute atomic E-state index is 4.85. The molecule has 0 bridgehead atoms. The monoisotopic (exact) mass is 374 g/mol. The average Bonchev–Trinajstić information content (AvgIpc) is 3.11. The van der Waals surface area contributed by atoms with Gasteiger partial charge in [-0.3, -0.25) is 0 Å². The van der Waals surface area contributed by atoms with Gasteiger partial charge in [0, 0.05) is 18.2 Å². The van der Waals surface area contributed by atoms with Crippen LogP contribution in [0.3, 0.4) is 0 Å². The van der Waals surface area contributed by atoms with Gasteiger partial charge in [0.05, 0.1) is 6.54 Å². The third-order valence-electron chi connectivity index (χ3n) is 5.60. The van der Waals surface area contributed by atoms with E-state index in [1.807, 2.05) is 16.9 Å². The van der Waals surface area contributed by atoms with Gasteiger partial charge in [-0.15, -0.1) is 0 Å². The molecule has 0 saturated heterocycles. The number of hydrogen-bond acceptors (Lipinski definition) is 3. The molecule has 0 aliphatic heterocycles. The predicted molar refractivity (Wildman–Crippen MR) is 114 cm³/mol. The lowest BCUT2D eigenvalue weighted by atomic mass is 9.96. The van der Waals surface area contributed by atoms with Crippen LogP contribution in [0.2, 0.25) is 0 Å². The van der Waals surface area contributed by atoms with Crippen LogP contribution in [-0.4, -0.2) is 21.0 Å². The number of hydrogen-bond donors (Lipinski definition) is 1. The van der Waals surface area contributed by atoms with Crippen LogP contribution in [0.1, 0.15) is 56.2 Å². The zero-order valence-corrected chi connectivity index (χ0v) is 16.6. The summed E-state index contributed by atoms with van der Waals surface area (Å²) in [7, 11) is 0. The van der Waals surface area contributed by atoms with Gasteiger partial charge >= 0.3 is 0 Å². The number of nitrogens with zero attached hydrogens (tertiary/aromatic N) is 3. The summed E-state index contributed by atoms with van der Waals surface area (Å²) in [4.78, 5) is 1.84. The normalized spacial score (nSPS) is 15.9. The highest BCUT2D eigenvalue weighted by Gasteiger charge is 2.16. The number of rotatable bonds is 6. The van der Waals surface area contributed by atoms with Crippen molar-refractivity contribution in [1.82, 2.24) is 20.3 Å². The molecule has 1 N–H and O–H groups in total. The summed E-state index contributed by atoms with van der Waals surface area (Å²) in [5, 5.41) is 13.5. The topological polar surface area (TPSA) is 42.7 Å². The van der Waals surface area contributed by atoms with E-state index in [1.54, 1.807) is 0 Å². The fraction of sp³-hybridized carbons (Fsp3) is 0.417. The van der Waals surface area contributed by atoms with E-state index in [1.165, 1.54) is 50.5 Å². The molecule has 1 heterocycles. The summed E-state index contributed by atoms with van der Waals surface area (Å²) in [5.41, 5.74) is 4.40. The zero-order valence-electron chi connectivity index (χ0n) is 16.6. The molecular weight excluding hydrogens is 344 g/mol. The Kier molecular flexibility index (Phi) is 6.51. The third-order valence-corrected chi connectivity index (χ3v) is 5.60. The first kappa shape index (κ1) is 18.9. The Morgan fingerprint density at radius 1 is 0.786 bits per heavy atom. The molecule has 4 heteroatoms. The fourth-order valence-electron chi connectivity index (χ4n) is 4.04. The molecule has 3 aromatic rings. The van der Waals surface area contributed by atoms with E-state index in [2.05, 4.69) is 53.8 Å². The number of aromatic nitrogens is 3. The molecule has 0 amide bonds. The molecule has 0 atom stereocenters. The first-order valence-electron chi connectivity index (χ1n) is 10.7. The van der Waals surface area contributed by atoms with Crippen molar-refractivity contribution < 1.29 is 0 Å². The van der Waals surface area contributed by atoms with Crippen molar-refractivity contribution in [1.29, 1.82) is 0 Å². The Morgan fingerprint density at radius 2 is 1.43 bits per heavy atom. The van der Waals surface area contributed by atoms with Crippen molar-refractivity contribution in [2.45, 2.75) is 64.1 Å². The summed E-state index contributed by atoms with van der Waals surface area (Å²) in [5.74, 6) is 0. The van der Waals surface area contributed by atoms with Gasteiger partial charge in [-0.05, 0) is 18.4 Å². The lowest BCUT2D eigenvalue weighted by Crippen LogP contribution is -2.29. The van der Waals surface area contributed by atoms with Crippen LogP contribution in [0.5, 0.6) is 0 Å². The lowest BCUT2D eigenvalue weighted by molar-refractivity contribution is 0.387. The van der Waals surface area contributed by atoms with Gasteiger partial charge in [0.15, 0.2) is 0 Å². The smallest absolute Gasteiger partial charge is 0.117 e. The van der Waals surface area contributed by atoms with E-state index in [-0.39, 0.29) is 0 Å². The molecular formula is C24H30N4. The highest BCUT2D eigenvalue weighted by molar-refractivity contribution is 5.60. The van der Waals surface area contributed by atoms with Gasteiger partial charge in [0.2, 0.25) is 0 Å². The minimum atomic E-state index is 0.600. The number of benzene rings is 2. The van der Waals surface area contributed by atoms with Gasteiger partial charge in [-0.2, -0.15) is 15.0 Å². The summed E-state index contributed by atoms with van der Waals surface area (Å²) in [6, 6.07) is 21.4. The van der Waals surface area contributed by atoms with Gasteiger partial charge in [0.1, 0.15) is 11.4 Å². The van der Waals surface area contributed by atoms with Crippen molar-refractivity contribution in [3.8, 4) is 11.3 Å². The van der Waals surface area contributed by atoms with Gasteiger partial charge in [-0.25, -0.2) is 0 Å². The molecule has 1 aliphatic rings. The maximum Gasteiger partial charge on any atom is 0.117 e. The zero-order chi connectivity index (χ0) is 19.0. The maximum atomic E-state index is 4.85. The predicted octanol–water partition coefficient (Wildman–Crippen LogP) is 5.20. The van der Waals surface area contributed by atoms with Crippen LogP contribution in [0.15, 0.2) is 60.7 Å². The van der Waals surface area contributed by atoms with E-state index < -0.39 is 0 Å². The van der Waals surface area contributed by atoms with Crippen molar-refractivity contribution in [2.75, 3.05) is 0 Å². The lowest BCUT2D eigenvalue weighted by Gasteiger charge is -2.20. The molecule has 2 aromatic carbocycles. The summed E-state index contributed by atoms with van der Waals surface area (Å²) in [6.45, 7) is 1.48. The minimum absolute atomic E-state index is 0.600. The standard InChI is InChI=1S/C24H30N4/c1-2-10-16-22(17-11-3-1)25-18-23-24(21-14-8-5-9-15-21)27-28(26-23)19-20-12-6-4-7-13-20/h4-9,12-15,22,25H,1-3,10-11,16-19H2. The van der Waals surface area contributed by atoms with Gasteiger partial charge in [-0.1, -0.05) is 92.8 Å². The first-order valence-corrected chi connectivity index (χ1v) is 10.7. The second-order valence-electron chi connectivity index (χ2n) is 7.80. The van der Waals surface area contributed by atoms with Crippen LogP contribution < -0.4 is 5.32 Å². The molecule has 1 aliphatic carbocycles. The molecule has 0 unspecified atom stereocenters. The highest BCUT2D eigenvalue weighted by atomic mass is 15.5.